The van der Waals surface area contributed by atoms with Gasteiger partial charge in [-0.1, -0.05) is 60.7 Å². The first-order valence-corrected chi connectivity index (χ1v) is 8.86. The minimum absolute atomic E-state index is 0.696. The quantitative estimate of drug-likeness (QED) is 0.422. The lowest BCUT2D eigenvalue weighted by molar-refractivity contribution is 1.07. The lowest BCUT2D eigenvalue weighted by Crippen LogP contribution is -1.94. The van der Waals surface area contributed by atoms with Crippen LogP contribution < -0.4 is 0 Å². The Morgan fingerprint density at radius 3 is 2.20 bits per heavy atom. The van der Waals surface area contributed by atoms with E-state index in [-0.39, 0.29) is 0 Å². The Morgan fingerprint density at radius 2 is 1.32 bits per heavy atom. The molecule has 0 saturated carbocycles. The summed E-state index contributed by atoms with van der Waals surface area (Å²) in [5.41, 5.74) is 2.01. The number of hydrogen-bond acceptors (Lipinski definition) is 4. The van der Waals surface area contributed by atoms with E-state index in [0.717, 1.165) is 11.1 Å². The first-order valence-electron chi connectivity index (χ1n) is 8.05. The summed E-state index contributed by atoms with van der Waals surface area (Å²) in [7, 11) is 0. The van der Waals surface area contributed by atoms with E-state index in [1.54, 1.807) is 17.7 Å². The number of fused-ring (bicyclic) bond motifs is 3. The molecule has 3 aromatic carbocycles. The number of thiophene rings is 1. The SMILES string of the molecule is c1ccc(-c2ncnc(-c3ccc4c(c3)sc3ccccc34)n2)cc1. The molecule has 3 nitrogen and oxygen atoms in total. The standard InChI is InChI=1S/C21H13N3S/c1-2-6-14(7-3-1)20-22-13-23-21(24-20)15-10-11-17-16-8-4-5-9-18(16)25-19(17)12-15/h1-13H. The van der Waals surface area contributed by atoms with Crippen LogP contribution in [0.15, 0.2) is 79.1 Å². The van der Waals surface area contributed by atoms with Crippen LogP contribution in [0.3, 0.4) is 0 Å². The highest BCUT2D eigenvalue weighted by atomic mass is 32.1. The highest BCUT2D eigenvalue weighted by molar-refractivity contribution is 7.25. The Kier molecular flexibility index (Phi) is 3.28. The molecule has 118 valence electrons. The number of nitrogens with zero attached hydrogens (tertiary/aromatic N) is 3. The third-order valence-corrected chi connectivity index (χ3v) is 5.37. The molecule has 0 atom stereocenters. The molecule has 0 spiro atoms. The maximum atomic E-state index is 4.66. The van der Waals surface area contributed by atoms with Crippen molar-refractivity contribution in [3.63, 3.8) is 0 Å². The van der Waals surface area contributed by atoms with Crippen LogP contribution in [0.25, 0.3) is 42.9 Å². The predicted octanol–water partition coefficient (Wildman–Crippen LogP) is 5.57. The van der Waals surface area contributed by atoms with Crippen molar-refractivity contribution in [2.75, 3.05) is 0 Å². The summed E-state index contributed by atoms with van der Waals surface area (Å²) in [5, 5.41) is 2.58. The van der Waals surface area contributed by atoms with Gasteiger partial charge < -0.3 is 0 Å². The van der Waals surface area contributed by atoms with Crippen LogP contribution in [0.4, 0.5) is 0 Å². The molecule has 0 bridgehead atoms. The van der Waals surface area contributed by atoms with Crippen molar-refractivity contribution in [1.29, 1.82) is 0 Å². The van der Waals surface area contributed by atoms with Crippen molar-refractivity contribution in [3.8, 4) is 22.8 Å². The van der Waals surface area contributed by atoms with Crippen LogP contribution in [0, 0.1) is 0 Å². The minimum Gasteiger partial charge on any atom is -0.217 e. The topological polar surface area (TPSA) is 38.7 Å². The van der Waals surface area contributed by atoms with Gasteiger partial charge in [0, 0.05) is 31.3 Å². The molecule has 0 aliphatic carbocycles. The van der Waals surface area contributed by atoms with Gasteiger partial charge in [0.25, 0.3) is 0 Å². The first-order chi connectivity index (χ1) is 12.4. The van der Waals surface area contributed by atoms with Crippen molar-refractivity contribution in [1.82, 2.24) is 15.0 Å². The Hall–Kier alpha value is -3.11. The second-order valence-corrected chi connectivity index (χ2v) is 6.89. The fraction of sp³-hybridized carbons (Fsp3) is 0. The van der Waals surface area contributed by atoms with Gasteiger partial charge in [-0.15, -0.1) is 11.3 Å². The highest BCUT2D eigenvalue weighted by Crippen LogP contribution is 2.35. The summed E-state index contributed by atoms with van der Waals surface area (Å²) in [6, 6.07) is 24.9. The molecule has 0 aliphatic rings. The summed E-state index contributed by atoms with van der Waals surface area (Å²) in [5.74, 6) is 1.40. The fourth-order valence-electron chi connectivity index (χ4n) is 3.03. The molecule has 0 amide bonds. The van der Waals surface area contributed by atoms with Crippen molar-refractivity contribution in [2.24, 2.45) is 0 Å². The van der Waals surface area contributed by atoms with E-state index in [2.05, 4.69) is 57.4 Å². The third-order valence-electron chi connectivity index (χ3n) is 4.24. The van der Waals surface area contributed by atoms with Gasteiger partial charge in [0.2, 0.25) is 0 Å². The van der Waals surface area contributed by atoms with Gasteiger partial charge in [0.05, 0.1) is 0 Å². The summed E-state index contributed by atoms with van der Waals surface area (Å²) in [6.45, 7) is 0. The first kappa shape index (κ1) is 14.3. The molecule has 4 heteroatoms. The molecular weight excluding hydrogens is 326 g/mol. The van der Waals surface area contributed by atoms with Crippen LogP contribution in [0.1, 0.15) is 0 Å². The maximum absolute atomic E-state index is 4.66. The second-order valence-electron chi connectivity index (χ2n) is 5.81. The maximum Gasteiger partial charge on any atom is 0.163 e. The normalized spacial score (nSPS) is 11.2. The molecule has 0 unspecified atom stereocenters. The van der Waals surface area contributed by atoms with Gasteiger partial charge >= 0.3 is 0 Å². The van der Waals surface area contributed by atoms with Crippen molar-refractivity contribution >= 4 is 31.5 Å². The molecule has 25 heavy (non-hydrogen) atoms. The van der Waals surface area contributed by atoms with Crippen LogP contribution in [-0.4, -0.2) is 15.0 Å². The molecule has 0 radical (unpaired) electrons. The molecular formula is C21H13N3S. The Bertz CT molecular complexity index is 1200. The lowest BCUT2D eigenvalue weighted by atomic mass is 10.1. The van der Waals surface area contributed by atoms with Gasteiger partial charge in [-0.3, -0.25) is 0 Å². The molecule has 0 saturated heterocycles. The van der Waals surface area contributed by atoms with E-state index < -0.39 is 0 Å². The number of rotatable bonds is 2. The molecule has 2 aromatic heterocycles. The zero-order chi connectivity index (χ0) is 16.6. The van der Waals surface area contributed by atoms with Crippen LogP contribution in [-0.2, 0) is 0 Å². The molecule has 2 heterocycles. The largest absolute Gasteiger partial charge is 0.217 e. The van der Waals surface area contributed by atoms with Crippen molar-refractivity contribution in [2.45, 2.75) is 0 Å². The zero-order valence-electron chi connectivity index (χ0n) is 13.3. The van der Waals surface area contributed by atoms with E-state index in [9.17, 15) is 0 Å². The zero-order valence-corrected chi connectivity index (χ0v) is 14.1. The van der Waals surface area contributed by atoms with E-state index in [1.165, 1.54) is 20.2 Å². The fourth-order valence-corrected chi connectivity index (χ4v) is 4.17. The van der Waals surface area contributed by atoms with Crippen LogP contribution in [0.2, 0.25) is 0 Å². The molecule has 0 fully saturated rings. The highest BCUT2D eigenvalue weighted by Gasteiger charge is 2.09. The summed E-state index contributed by atoms with van der Waals surface area (Å²) in [6.07, 6.45) is 1.58. The van der Waals surface area contributed by atoms with E-state index in [4.69, 9.17) is 0 Å². The van der Waals surface area contributed by atoms with E-state index >= 15 is 0 Å². The molecule has 0 N–H and O–H groups in total. The minimum atomic E-state index is 0.696. The van der Waals surface area contributed by atoms with Gasteiger partial charge in [0.15, 0.2) is 11.6 Å². The smallest absolute Gasteiger partial charge is 0.163 e. The van der Waals surface area contributed by atoms with Gasteiger partial charge in [-0.2, -0.15) is 0 Å². The van der Waals surface area contributed by atoms with E-state index in [0.29, 0.717) is 11.6 Å². The van der Waals surface area contributed by atoms with E-state index in [1.807, 2.05) is 30.3 Å². The Balaban J connectivity index is 1.64. The molecule has 0 aliphatic heterocycles. The average molecular weight is 339 g/mol. The summed E-state index contributed by atoms with van der Waals surface area (Å²) < 4.78 is 2.55. The van der Waals surface area contributed by atoms with Gasteiger partial charge in [0.1, 0.15) is 6.33 Å². The summed E-state index contributed by atoms with van der Waals surface area (Å²) >= 11 is 1.80. The van der Waals surface area contributed by atoms with Gasteiger partial charge in [-0.25, -0.2) is 15.0 Å². The number of benzene rings is 3. The van der Waals surface area contributed by atoms with Crippen molar-refractivity contribution in [3.05, 3.63) is 79.1 Å². The Morgan fingerprint density at radius 1 is 0.600 bits per heavy atom. The third kappa shape index (κ3) is 2.47. The molecule has 5 rings (SSSR count). The lowest BCUT2D eigenvalue weighted by Gasteiger charge is -2.03. The second kappa shape index (κ2) is 5.76. The Labute approximate surface area is 148 Å². The summed E-state index contributed by atoms with van der Waals surface area (Å²) in [4.78, 5) is 13.3. The van der Waals surface area contributed by atoms with Crippen LogP contribution in [0.5, 0.6) is 0 Å². The average Bonchev–Trinajstić information content (AvgIpc) is 3.06. The number of hydrogen-bond donors (Lipinski definition) is 0. The van der Waals surface area contributed by atoms with Crippen LogP contribution >= 0.6 is 11.3 Å². The monoisotopic (exact) mass is 339 g/mol. The van der Waals surface area contributed by atoms with Gasteiger partial charge in [-0.05, 0) is 12.1 Å². The predicted molar refractivity (Wildman–Crippen MR) is 104 cm³/mol. The number of aromatic nitrogens is 3. The molecule has 5 aromatic rings. The van der Waals surface area contributed by atoms with Crippen molar-refractivity contribution < 1.29 is 0 Å².